The van der Waals surface area contributed by atoms with E-state index >= 15 is 0 Å². The van der Waals surface area contributed by atoms with Gasteiger partial charge in [0.1, 0.15) is 7.85 Å². The lowest BCUT2D eigenvalue weighted by molar-refractivity contribution is 0.874. The molecule has 120 valence electrons. The molecule has 0 heterocycles. The van der Waals surface area contributed by atoms with E-state index in [4.69, 9.17) is 0 Å². The van der Waals surface area contributed by atoms with Gasteiger partial charge >= 0.3 is 0 Å². The summed E-state index contributed by atoms with van der Waals surface area (Å²) >= 11 is 0. The second kappa shape index (κ2) is 7.09. The van der Waals surface area contributed by atoms with Crippen LogP contribution in [0.4, 0.5) is 0 Å². The van der Waals surface area contributed by atoms with Crippen LogP contribution in [0.15, 0.2) is 66.7 Å². The molecule has 1 heteroatoms. The van der Waals surface area contributed by atoms with Crippen molar-refractivity contribution >= 4 is 13.3 Å². The molecule has 0 radical (unpaired) electrons. The lowest BCUT2D eigenvalue weighted by atomic mass is 9.78. The van der Waals surface area contributed by atoms with Crippen LogP contribution in [0.2, 0.25) is 0 Å². The maximum Gasteiger partial charge on any atom is 0.140 e. The number of aryl methyl sites for hydroxylation is 1. The van der Waals surface area contributed by atoms with E-state index in [1.807, 2.05) is 0 Å². The SMILES string of the molecule is Bc1c(-c2ccccc2Cc2ccccc2C)cccc1C(C)C. The van der Waals surface area contributed by atoms with Crippen molar-refractivity contribution in [2.24, 2.45) is 0 Å². The predicted molar refractivity (Wildman–Crippen MR) is 108 cm³/mol. The zero-order valence-corrected chi connectivity index (χ0v) is 15.1. The van der Waals surface area contributed by atoms with Gasteiger partial charge in [0.15, 0.2) is 0 Å². The Morgan fingerprint density at radius 2 is 1.38 bits per heavy atom. The van der Waals surface area contributed by atoms with Crippen LogP contribution in [0.1, 0.15) is 42.0 Å². The molecule has 0 aliphatic rings. The van der Waals surface area contributed by atoms with Crippen molar-refractivity contribution in [2.75, 3.05) is 0 Å². The lowest BCUT2D eigenvalue weighted by Gasteiger charge is -2.17. The molecule has 0 atom stereocenters. The summed E-state index contributed by atoms with van der Waals surface area (Å²) in [5.41, 5.74) is 9.74. The van der Waals surface area contributed by atoms with Crippen molar-refractivity contribution in [3.8, 4) is 11.1 Å². The van der Waals surface area contributed by atoms with Gasteiger partial charge in [-0.15, -0.1) is 0 Å². The van der Waals surface area contributed by atoms with Crippen LogP contribution in [-0.4, -0.2) is 7.85 Å². The molecule has 0 aliphatic carbocycles. The summed E-state index contributed by atoms with van der Waals surface area (Å²) in [6, 6.07) is 24.2. The molecule has 0 aliphatic heterocycles. The van der Waals surface area contributed by atoms with Gasteiger partial charge in [-0.2, -0.15) is 0 Å². The highest BCUT2D eigenvalue weighted by atomic mass is 14.1. The van der Waals surface area contributed by atoms with Gasteiger partial charge < -0.3 is 0 Å². The molecule has 0 nitrogen and oxygen atoms in total. The highest BCUT2D eigenvalue weighted by Gasteiger charge is 2.12. The summed E-state index contributed by atoms with van der Waals surface area (Å²) in [7, 11) is 2.26. The van der Waals surface area contributed by atoms with Gasteiger partial charge in [-0.3, -0.25) is 0 Å². The lowest BCUT2D eigenvalue weighted by Crippen LogP contribution is -2.15. The van der Waals surface area contributed by atoms with Gasteiger partial charge in [0.05, 0.1) is 0 Å². The molecule has 0 saturated heterocycles. The topological polar surface area (TPSA) is 0 Å². The molecule has 3 rings (SSSR count). The van der Waals surface area contributed by atoms with Gasteiger partial charge in [-0.1, -0.05) is 91.6 Å². The van der Waals surface area contributed by atoms with E-state index in [9.17, 15) is 0 Å². The Hall–Kier alpha value is -2.28. The molecule has 0 bridgehead atoms. The van der Waals surface area contributed by atoms with Crippen molar-refractivity contribution in [1.29, 1.82) is 0 Å². The summed E-state index contributed by atoms with van der Waals surface area (Å²) in [6.07, 6.45) is 0.980. The van der Waals surface area contributed by atoms with E-state index in [1.165, 1.54) is 38.8 Å². The van der Waals surface area contributed by atoms with Crippen molar-refractivity contribution in [1.82, 2.24) is 0 Å². The Balaban J connectivity index is 2.08. The highest BCUT2D eigenvalue weighted by Crippen LogP contribution is 2.27. The van der Waals surface area contributed by atoms with E-state index in [0.29, 0.717) is 5.92 Å². The van der Waals surface area contributed by atoms with Gasteiger partial charge in [0, 0.05) is 0 Å². The smallest absolute Gasteiger partial charge is 0.0779 e. The fraction of sp³-hybridized carbons (Fsp3) is 0.217. The quantitative estimate of drug-likeness (QED) is 0.616. The van der Waals surface area contributed by atoms with E-state index in [0.717, 1.165) is 6.42 Å². The number of benzene rings is 3. The minimum absolute atomic E-state index is 0.550. The van der Waals surface area contributed by atoms with Crippen molar-refractivity contribution < 1.29 is 0 Å². The zero-order valence-electron chi connectivity index (χ0n) is 15.1. The van der Waals surface area contributed by atoms with Crippen LogP contribution >= 0.6 is 0 Å². The van der Waals surface area contributed by atoms with E-state index in [2.05, 4.69) is 95.3 Å². The monoisotopic (exact) mass is 312 g/mol. The predicted octanol–water partition coefficient (Wildman–Crippen LogP) is 4.63. The molecule has 0 spiro atoms. The van der Waals surface area contributed by atoms with Gasteiger partial charge in [-0.05, 0) is 47.1 Å². The molecule has 0 saturated carbocycles. The molecule has 3 aromatic carbocycles. The summed E-state index contributed by atoms with van der Waals surface area (Å²) < 4.78 is 0. The molecule has 0 unspecified atom stereocenters. The minimum Gasteiger partial charge on any atom is -0.0779 e. The Morgan fingerprint density at radius 3 is 2.08 bits per heavy atom. The zero-order chi connectivity index (χ0) is 17.1. The third kappa shape index (κ3) is 3.31. The van der Waals surface area contributed by atoms with Crippen molar-refractivity contribution in [3.63, 3.8) is 0 Å². The number of rotatable bonds is 4. The Kier molecular flexibility index (Phi) is 4.90. The normalized spacial score (nSPS) is 11.0. The fourth-order valence-corrected chi connectivity index (χ4v) is 3.52. The maximum atomic E-state index is 2.27. The molecule has 0 N–H and O–H groups in total. The largest absolute Gasteiger partial charge is 0.140 e. The standard InChI is InChI=1S/C23H25B/c1-16(2)20-13-8-14-22(23(20)24)21-12-7-6-11-19(21)15-18-10-5-4-9-17(18)3/h4-14,16H,15,24H2,1-3H3. The van der Waals surface area contributed by atoms with E-state index in [-0.39, 0.29) is 0 Å². The molecule has 3 aromatic rings. The average Bonchev–Trinajstić information content (AvgIpc) is 2.57. The van der Waals surface area contributed by atoms with Crippen LogP contribution in [-0.2, 0) is 6.42 Å². The van der Waals surface area contributed by atoms with Gasteiger partial charge in [0.25, 0.3) is 0 Å². The van der Waals surface area contributed by atoms with Crippen molar-refractivity contribution in [2.45, 2.75) is 33.1 Å². The van der Waals surface area contributed by atoms with Crippen LogP contribution in [0.25, 0.3) is 11.1 Å². The average molecular weight is 312 g/mol. The second-order valence-corrected chi connectivity index (χ2v) is 6.93. The van der Waals surface area contributed by atoms with Crippen molar-refractivity contribution in [3.05, 3.63) is 89.0 Å². The maximum absolute atomic E-state index is 2.27. The summed E-state index contributed by atoms with van der Waals surface area (Å²) in [6.45, 7) is 6.74. The van der Waals surface area contributed by atoms with Gasteiger partial charge in [0.2, 0.25) is 0 Å². The molecule has 0 amide bonds. The molecule has 0 fully saturated rings. The summed E-state index contributed by atoms with van der Waals surface area (Å²) in [5, 5.41) is 0. The molecular weight excluding hydrogens is 287 g/mol. The van der Waals surface area contributed by atoms with E-state index < -0.39 is 0 Å². The Bertz CT molecular complexity index is 846. The van der Waals surface area contributed by atoms with Crippen LogP contribution < -0.4 is 5.46 Å². The number of hydrogen-bond donors (Lipinski definition) is 0. The third-order valence-corrected chi connectivity index (χ3v) is 4.95. The first-order valence-corrected chi connectivity index (χ1v) is 8.80. The Morgan fingerprint density at radius 1 is 0.750 bits per heavy atom. The first-order valence-electron chi connectivity index (χ1n) is 8.80. The minimum atomic E-state index is 0.550. The second-order valence-electron chi connectivity index (χ2n) is 6.93. The number of hydrogen-bond acceptors (Lipinski definition) is 0. The van der Waals surface area contributed by atoms with Crippen LogP contribution in [0.5, 0.6) is 0 Å². The Labute approximate surface area is 147 Å². The fourth-order valence-electron chi connectivity index (χ4n) is 3.52. The van der Waals surface area contributed by atoms with Crippen LogP contribution in [0.3, 0.4) is 0 Å². The molecule has 24 heavy (non-hydrogen) atoms. The third-order valence-electron chi connectivity index (χ3n) is 4.95. The summed E-state index contributed by atoms with van der Waals surface area (Å²) in [4.78, 5) is 0. The summed E-state index contributed by atoms with van der Waals surface area (Å²) in [5.74, 6) is 0.550. The van der Waals surface area contributed by atoms with E-state index in [1.54, 1.807) is 0 Å². The molecular formula is C23H25B. The highest BCUT2D eigenvalue weighted by molar-refractivity contribution is 6.37. The van der Waals surface area contributed by atoms with Gasteiger partial charge in [-0.25, -0.2) is 0 Å². The first-order chi connectivity index (χ1) is 11.6. The van der Waals surface area contributed by atoms with Crippen LogP contribution in [0, 0.1) is 6.92 Å². The first kappa shape index (κ1) is 16.6. The molecule has 0 aromatic heterocycles.